The van der Waals surface area contributed by atoms with Gasteiger partial charge in [-0.25, -0.2) is 13.1 Å². The highest BCUT2D eigenvalue weighted by atomic mass is 35.5. The first-order valence-corrected chi connectivity index (χ1v) is 9.58. The number of hydrogen-bond donors (Lipinski definition) is 1. The SMILES string of the molecule is C[C@H](NS(=O)(=O)c1cc(Cl)ccc1Cl)[C@@H]1C[C@@H]2CC[C@@H]1C2. The van der Waals surface area contributed by atoms with E-state index in [-0.39, 0.29) is 16.0 Å². The van der Waals surface area contributed by atoms with Crippen LogP contribution in [0.3, 0.4) is 0 Å². The van der Waals surface area contributed by atoms with E-state index in [1.807, 2.05) is 6.92 Å². The first-order valence-electron chi connectivity index (χ1n) is 7.34. The Bertz CT molecular complexity index is 647. The fourth-order valence-electron chi connectivity index (χ4n) is 3.99. The monoisotopic (exact) mass is 347 g/mol. The van der Waals surface area contributed by atoms with Crippen LogP contribution in [0.4, 0.5) is 0 Å². The van der Waals surface area contributed by atoms with E-state index in [2.05, 4.69) is 4.72 Å². The minimum absolute atomic E-state index is 0.0617. The zero-order valence-corrected chi connectivity index (χ0v) is 14.2. The summed E-state index contributed by atoms with van der Waals surface area (Å²) in [5.41, 5.74) is 0. The second-order valence-corrected chi connectivity index (χ2v) is 8.85. The molecule has 2 fully saturated rings. The molecule has 0 saturated heterocycles. The minimum atomic E-state index is -3.63. The molecular weight excluding hydrogens is 329 g/mol. The molecule has 0 heterocycles. The molecule has 0 aromatic heterocycles. The van der Waals surface area contributed by atoms with Crippen molar-refractivity contribution in [3.63, 3.8) is 0 Å². The molecule has 3 nitrogen and oxygen atoms in total. The Labute approximate surface area is 136 Å². The van der Waals surface area contributed by atoms with Crippen LogP contribution in [0.5, 0.6) is 0 Å². The van der Waals surface area contributed by atoms with Crippen molar-refractivity contribution >= 4 is 33.2 Å². The van der Waals surface area contributed by atoms with Crippen LogP contribution in [0.2, 0.25) is 10.0 Å². The van der Waals surface area contributed by atoms with Gasteiger partial charge < -0.3 is 0 Å². The number of sulfonamides is 1. The molecule has 0 aliphatic heterocycles. The van der Waals surface area contributed by atoms with Crippen LogP contribution in [0.25, 0.3) is 0 Å². The van der Waals surface area contributed by atoms with Crippen LogP contribution in [0.15, 0.2) is 23.1 Å². The lowest BCUT2D eigenvalue weighted by Gasteiger charge is -2.28. The fraction of sp³-hybridized carbons (Fsp3) is 0.600. The predicted molar refractivity (Wildman–Crippen MR) is 85.2 cm³/mol. The molecule has 0 spiro atoms. The molecule has 0 amide bonds. The number of benzene rings is 1. The normalized spacial score (nSPS) is 29.8. The summed E-state index contributed by atoms with van der Waals surface area (Å²) in [6.07, 6.45) is 4.94. The molecule has 2 saturated carbocycles. The van der Waals surface area contributed by atoms with Gasteiger partial charge in [-0.2, -0.15) is 0 Å². The van der Waals surface area contributed by atoms with Gasteiger partial charge in [0.1, 0.15) is 4.90 Å². The van der Waals surface area contributed by atoms with Crippen LogP contribution < -0.4 is 4.72 Å². The average molecular weight is 348 g/mol. The van der Waals surface area contributed by atoms with Gasteiger partial charge in [-0.15, -0.1) is 0 Å². The highest BCUT2D eigenvalue weighted by Crippen LogP contribution is 2.49. The van der Waals surface area contributed by atoms with Crippen molar-refractivity contribution in [1.29, 1.82) is 0 Å². The van der Waals surface area contributed by atoms with Crippen LogP contribution in [-0.4, -0.2) is 14.5 Å². The zero-order chi connectivity index (χ0) is 15.2. The van der Waals surface area contributed by atoms with Gasteiger partial charge in [-0.3, -0.25) is 0 Å². The zero-order valence-electron chi connectivity index (χ0n) is 11.9. The van der Waals surface area contributed by atoms with Crippen LogP contribution in [0.1, 0.15) is 32.6 Å². The highest BCUT2D eigenvalue weighted by Gasteiger charge is 2.42. The van der Waals surface area contributed by atoms with Gasteiger partial charge in [0.15, 0.2) is 0 Å². The Kier molecular flexibility index (Phi) is 4.25. The lowest BCUT2D eigenvalue weighted by molar-refractivity contribution is 0.280. The molecule has 1 aromatic rings. The van der Waals surface area contributed by atoms with Crippen LogP contribution >= 0.6 is 23.2 Å². The van der Waals surface area contributed by atoms with Gasteiger partial charge in [-0.05, 0) is 62.1 Å². The molecule has 2 aliphatic carbocycles. The molecule has 2 bridgehead atoms. The summed E-state index contributed by atoms with van der Waals surface area (Å²) in [6, 6.07) is 4.43. The van der Waals surface area contributed by atoms with E-state index in [0.717, 1.165) is 12.3 Å². The van der Waals surface area contributed by atoms with E-state index in [1.165, 1.54) is 31.4 Å². The van der Waals surface area contributed by atoms with Gasteiger partial charge >= 0.3 is 0 Å². The Morgan fingerprint density at radius 2 is 2.00 bits per heavy atom. The van der Waals surface area contributed by atoms with Crippen molar-refractivity contribution in [2.24, 2.45) is 17.8 Å². The standard InChI is InChI=1S/C15H19Cl2NO2S/c1-9(13-7-10-2-3-11(13)6-10)18-21(19,20)15-8-12(16)4-5-14(15)17/h4-5,8-11,13,18H,2-3,6-7H2,1H3/t9-,10+,11+,13-/m0/s1. The first kappa shape index (κ1) is 15.6. The summed E-state index contributed by atoms with van der Waals surface area (Å²) in [7, 11) is -3.63. The molecule has 1 N–H and O–H groups in total. The maximum absolute atomic E-state index is 12.5. The summed E-state index contributed by atoms with van der Waals surface area (Å²) in [5, 5.41) is 0.569. The molecule has 1 aromatic carbocycles. The number of fused-ring (bicyclic) bond motifs is 2. The highest BCUT2D eigenvalue weighted by molar-refractivity contribution is 7.89. The number of nitrogens with one attached hydrogen (secondary N) is 1. The third-order valence-electron chi connectivity index (χ3n) is 4.96. The van der Waals surface area contributed by atoms with Crippen molar-refractivity contribution in [3.8, 4) is 0 Å². The summed E-state index contributed by atoms with van der Waals surface area (Å²) >= 11 is 11.9. The van der Waals surface area contributed by atoms with Crippen molar-refractivity contribution in [3.05, 3.63) is 28.2 Å². The van der Waals surface area contributed by atoms with Gasteiger partial charge in [0.05, 0.1) is 5.02 Å². The first-order chi connectivity index (χ1) is 9.87. The van der Waals surface area contributed by atoms with E-state index in [9.17, 15) is 8.42 Å². The van der Waals surface area contributed by atoms with Crippen molar-refractivity contribution < 1.29 is 8.42 Å². The maximum Gasteiger partial charge on any atom is 0.242 e. The van der Waals surface area contributed by atoms with E-state index in [4.69, 9.17) is 23.2 Å². The molecule has 2 aliphatic rings. The Morgan fingerprint density at radius 3 is 2.62 bits per heavy atom. The topological polar surface area (TPSA) is 46.2 Å². The third kappa shape index (κ3) is 3.09. The summed E-state index contributed by atoms with van der Waals surface area (Å²) in [4.78, 5) is 0.0617. The maximum atomic E-state index is 12.5. The molecule has 6 heteroatoms. The lowest BCUT2D eigenvalue weighted by atomic mass is 9.84. The van der Waals surface area contributed by atoms with Crippen LogP contribution in [0, 0.1) is 17.8 Å². The minimum Gasteiger partial charge on any atom is -0.208 e. The predicted octanol–water partition coefficient (Wildman–Crippen LogP) is 4.10. The molecule has 0 unspecified atom stereocenters. The largest absolute Gasteiger partial charge is 0.242 e. The molecular formula is C15H19Cl2NO2S. The average Bonchev–Trinajstić information content (AvgIpc) is 3.03. The molecule has 4 atom stereocenters. The molecule has 0 radical (unpaired) electrons. The van der Waals surface area contributed by atoms with Crippen LogP contribution in [-0.2, 0) is 10.0 Å². The second-order valence-electron chi connectivity index (χ2n) is 6.32. The van der Waals surface area contributed by atoms with Gasteiger partial charge in [0, 0.05) is 11.1 Å². The lowest BCUT2D eigenvalue weighted by Crippen LogP contribution is -2.40. The second kappa shape index (κ2) is 5.73. The quantitative estimate of drug-likeness (QED) is 0.891. The molecule has 21 heavy (non-hydrogen) atoms. The van der Waals surface area contributed by atoms with Crippen molar-refractivity contribution in [2.45, 2.75) is 43.5 Å². The van der Waals surface area contributed by atoms with E-state index in [0.29, 0.717) is 16.9 Å². The Morgan fingerprint density at radius 1 is 1.24 bits per heavy atom. The van der Waals surface area contributed by atoms with E-state index in [1.54, 1.807) is 6.07 Å². The van der Waals surface area contributed by atoms with E-state index >= 15 is 0 Å². The summed E-state index contributed by atoms with van der Waals surface area (Å²) in [5.74, 6) is 1.90. The van der Waals surface area contributed by atoms with Gasteiger partial charge in [-0.1, -0.05) is 29.6 Å². The fourth-order valence-corrected chi connectivity index (χ4v) is 6.04. The van der Waals surface area contributed by atoms with E-state index < -0.39 is 10.0 Å². The smallest absolute Gasteiger partial charge is 0.208 e. The van der Waals surface area contributed by atoms with Crippen molar-refractivity contribution in [1.82, 2.24) is 4.72 Å². The summed E-state index contributed by atoms with van der Waals surface area (Å²) in [6.45, 7) is 1.96. The number of halogens is 2. The molecule has 3 rings (SSSR count). The Hall–Kier alpha value is -0.290. The molecule has 116 valence electrons. The number of rotatable bonds is 4. The van der Waals surface area contributed by atoms with Gasteiger partial charge in [0.25, 0.3) is 0 Å². The van der Waals surface area contributed by atoms with Gasteiger partial charge in [0.2, 0.25) is 10.0 Å². The third-order valence-corrected chi connectivity index (χ3v) is 7.23. The van der Waals surface area contributed by atoms with Crippen molar-refractivity contribution in [2.75, 3.05) is 0 Å². The number of hydrogen-bond acceptors (Lipinski definition) is 2. The summed E-state index contributed by atoms with van der Waals surface area (Å²) < 4.78 is 27.8. The Balaban J connectivity index is 1.78.